The minimum Gasteiger partial charge on any atom is -0.393 e. The number of allylic oxidation sites excluding steroid dienone is 4. The van der Waals surface area contributed by atoms with Gasteiger partial charge in [0.1, 0.15) is 0 Å². The molecule has 0 aromatic heterocycles. The average Bonchev–Trinajstić information content (AvgIpc) is 2.82. The summed E-state index contributed by atoms with van der Waals surface area (Å²) in [5.74, 6) is -1.84. The molecule has 0 aliphatic heterocycles. The monoisotopic (exact) mass is 392 g/mol. The van der Waals surface area contributed by atoms with E-state index < -0.39 is 40.7 Å². The number of hydrogen-bond acceptors (Lipinski definition) is 7. The standard InChI is InChI=1S/C21H28O7/c1-19-6-5-11(22)7-10(19)3-4-12-13-8-15(24)21(28,17(25)18(26)27)20(13,2)9-14(23)16(12)19/h5-7,12-16,18,23-24,26-28H,3-4,8-9H2,1-2H3/t12-,13-,14-,15+,16+,19-,20-,21-/m0/s1. The van der Waals surface area contributed by atoms with Crippen LogP contribution in [0.3, 0.4) is 0 Å². The van der Waals surface area contributed by atoms with Crippen molar-refractivity contribution in [2.75, 3.05) is 0 Å². The van der Waals surface area contributed by atoms with Gasteiger partial charge < -0.3 is 25.5 Å². The Kier molecular flexibility index (Phi) is 4.31. The molecule has 4 rings (SSSR count). The first-order valence-electron chi connectivity index (χ1n) is 9.90. The molecule has 4 aliphatic carbocycles. The number of rotatable bonds is 2. The van der Waals surface area contributed by atoms with Crippen LogP contribution in [0.2, 0.25) is 0 Å². The molecule has 8 atom stereocenters. The zero-order chi connectivity index (χ0) is 20.6. The summed E-state index contributed by atoms with van der Waals surface area (Å²) >= 11 is 0. The lowest BCUT2D eigenvalue weighted by molar-refractivity contribution is -0.205. The molecule has 28 heavy (non-hydrogen) atoms. The summed E-state index contributed by atoms with van der Waals surface area (Å²) in [4.78, 5) is 24.3. The maximum absolute atomic E-state index is 12.5. The van der Waals surface area contributed by atoms with Crippen LogP contribution in [0.25, 0.3) is 0 Å². The molecule has 3 saturated carbocycles. The van der Waals surface area contributed by atoms with Gasteiger partial charge in [-0.3, -0.25) is 9.59 Å². The number of carbonyl (C=O) groups excluding carboxylic acids is 2. The molecule has 0 bridgehead atoms. The normalized spacial score (nSPS) is 50.1. The molecule has 3 fully saturated rings. The highest BCUT2D eigenvalue weighted by Crippen LogP contribution is 2.67. The first-order valence-corrected chi connectivity index (χ1v) is 9.90. The van der Waals surface area contributed by atoms with Gasteiger partial charge in [0.2, 0.25) is 12.1 Å². The van der Waals surface area contributed by atoms with E-state index in [0.29, 0.717) is 12.8 Å². The molecule has 0 saturated heterocycles. The number of carbonyl (C=O) groups is 2. The fourth-order valence-electron chi connectivity index (χ4n) is 6.98. The van der Waals surface area contributed by atoms with Gasteiger partial charge in [0.05, 0.1) is 12.2 Å². The van der Waals surface area contributed by atoms with E-state index in [0.717, 1.165) is 5.57 Å². The number of aliphatic hydroxyl groups is 5. The van der Waals surface area contributed by atoms with Gasteiger partial charge in [-0.2, -0.15) is 0 Å². The molecular weight excluding hydrogens is 364 g/mol. The Labute approximate surface area is 163 Å². The summed E-state index contributed by atoms with van der Waals surface area (Å²) in [5.41, 5.74) is -3.02. The summed E-state index contributed by atoms with van der Waals surface area (Å²) < 4.78 is 0. The second-order valence-electron chi connectivity index (χ2n) is 9.47. The molecule has 0 heterocycles. The summed E-state index contributed by atoms with van der Waals surface area (Å²) in [6.45, 7) is 3.66. The Balaban J connectivity index is 1.77. The van der Waals surface area contributed by atoms with Crippen LogP contribution < -0.4 is 0 Å². The van der Waals surface area contributed by atoms with Crippen LogP contribution in [0.5, 0.6) is 0 Å². The van der Waals surface area contributed by atoms with Gasteiger partial charge in [-0.25, -0.2) is 0 Å². The van der Waals surface area contributed by atoms with E-state index in [4.69, 9.17) is 0 Å². The Morgan fingerprint density at radius 1 is 1.25 bits per heavy atom. The van der Waals surface area contributed by atoms with Gasteiger partial charge in [-0.05, 0) is 49.7 Å². The van der Waals surface area contributed by atoms with Crippen molar-refractivity contribution in [3.8, 4) is 0 Å². The highest BCUT2D eigenvalue weighted by Gasteiger charge is 2.72. The van der Waals surface area contributed by atoms with Crippen LogP contribution >= 0.6 is 0 Å². The van der Waals surface area contributed by atoms with E-state index in [1.54, 1.807) is 13.0 Å². The second-order valence-corrected chi connectivity index (χ2v) is 9.47. The largest absolute Gasteiger partial charge is 0.393 e. The van der Waals surface area contributed by atoms with Crippen molar-refractivity contribution in [2.45, 2.75) is 63.6 Å². The van der Waals surface area contributed by atoms with Gasteiger partial charge in [-0.1, -0.05) is 25.5 Å². The molecule has 7 nitrogen and oxygen atoms in total. The minimum absolute atomic E-state index is 0.0511. The van der Waals surface area contributed by atoms with Crippen LogP contribution in [-0.2, 0) is 9.59 Å². The van der Waals surface area contributed by atoms with Crippen LogP contribution in [0.1, 0.15) is 39.5 Å². The molecule has 0 spiro atoms. The third-order valence-electron chi connectivity index (χ3n) is 8.33. The Hall–Kier alpha value is -1.38. The van der Waals surface area contributed by atoms with Crippen LogP contribution in [0.4, 0.5) is 0 Å². The zero-order valence-corrected chi connectivity index (χ0v) is 16.1. The molecule has 0 unspecified atom stereocenters. The summed E-state index contributed by atoms with van der Waals surface area (Å²) in [6.07, 6.45) is 1.85. The molecule has 0 aromatic rings. The summed E-state index contributed by atoms with van der Waals surface area (Å²) in [7, 11) is 0. The molecule has 0 aromatic carbocycles. The van der Waals surface area contributed by atoms with Gasteiger partial charge in [-0.15, -0.1) is 0 Å². The second kappa shape index (κ2) is 6.06. The molecule has 7 heteroatoms. The van der Waals surface area contributed by atoms with Crippen molar-refractivity contribution in [1.82, 2.24) is 0 Å². The van der Waals surface area contributed by atoms with Crippen molar-refractivity contribution < 1.29 is 35.1 Å². The molecule has 4 aliphatic rings. The van der Waals surface area contributed by atoms with Gasteiger partial charge in [0.25, 0.3) is 0 Å². The van der Waals surface area contributed by atoms with Gasteiger partial charge in [0.15, 0.2) is 11.4 Å². The Morgan fingerprint density at radius 3 is 2.57 bits per heavy atom. The van der Waals surface area contributed by atoms with Crippen molar-refractivity contribution in [3.63, 3.8) is 0 Å². The third kappa shape index (κ3) is 2.28. The number of fused-ring (bicyclic) bond motifs is 5. The first kappa shape index (κ1) is 19.9. The van der Waals surface area contributed by atoms with E-state index in [1.807, 2.05) is 13.0 Å². The van der Waals surface area contributed by atoms with E-state index in [9.17, 15) is 35.1 Å². The van der Waals surface area contributed by atoms with Crippen LogP contribution in [0.15, 0.2) is 23.8 Å². The maximum atomic E-state index is 12.5. The smallest absolute Gasteiger partial charge is 0.222 e. The lowest BCUT2D eigenvalue weighted by atomic mass is 9.46. The molecule has 154 valence electrons. The van der Waals surface area contributed by atoms with Crippen LogP contribution in [0, 0.1) is 28.6 Å². The fourth-order valence-corrected chi connectivity index (χ4v) is 6.98. The Morgan fingerprint density at radius 2 is 1.93 bits per heavy atom. The highest BCUT2D eigenvalue weighted by atomic mass is 16.5. The summed E-state index contributed by atoms with van der Waals surface area (Å²) in [6, 6.07) is 0. The maximum Gasteiger partial charge on any atom is 0.222 e. The van der Waals surface area contributed by atoms with E-state index in [1.165, 1.54) is 6.08 Å². The van der Waals surface area contributed by atoms with E-state index in [-0.39, 0.29) is 36.4 Å². The van der Waals surface area contributed by atoms with Crippen molar-refractivity contribution in [3.05, 3.63) is 23.8 Å². The lowest BCUT2D eigenvalue weighted by Gasteiger charge is -2.59. The van der Waals surface area contributed by atoms with Crippen molar-refractivity contribution in [2.24, 2.45) is 28.6 Å². The Bertz CT molecular complexity index is 786. The molecule has 0 radical (unpaired) electrons. The number of aliphatic hydroxyl groups excluding tert-OH is 3. The van der Waals surface area contributed by atoms with Crippen molar-refractivity contribution >= 4 is 11.6 Å². The number of hydrogen-bond donors (Lipinski definition) is 5. The molecular formula is C21H28O7. The average molecular weight is 392 g/mol. The minimum atomic E-state index is -2.39. The SMILES string of the molecule is C[C@]12C=CC(=O)C=C1CC[C@@H]1[C@@H]2[C@@H](O)C[C@@]2(C)[C@H]1C[C@@H](O)[C@]2(O)C(=O)C(O)O. The van der Waals surface area contributed by atoms with Crippen molar-refractivity contribution in [1.29, 1.82) is 0 Å². The molecule has 0 amide bonds. The summed E-state index contributed by atoms with van der Waals surface area (Å²) in [5, 5.41) is 51.8. The lowest BCUT2D eigenvalue weighted by Crippen LogP contribution is -2.64. The molecule has 5 N–H and O–H groups in total. The fraction of sp³-hybridized carbons (Fsp3) is 0.714. The third-order valence-corrected chi connectivity index (χ3v) is 8.33. The van der Waals surface area contributed by atoms with Crippen LogP contribution in [-0.4, -0.2) is 61.2 Å². The first-order chi connectivity index (χ1) is 13.0. The number of ketones is 2. The zero-order valence-electron chi connectivity index (χ0n) is 16.1. The topological polar surface area (TPSA) is 135 Å². The van der Waals surface area contributed by atoms with E-state index in [2.05, 4.69) is 0 Å². The number of Topliss-reactive ketones (excluding diaryl/α,β-unsaturated/α-hetero) is 1. The predicted octanol–water partition coefficient (Wildman–Crippen LogP) is -0.153. The highest BCUT2D eigenvalue weighted by molar-refractivity contribution is 6.01. The van der Waals surface area contributed by atoms with Gasteiger partial charge in [0, 0.05) is 16.7 Å². The van der Waals surface area contributed by atoms with Gasteiger partial charge >= 0.3 is 0 Å². The quantitative estimate of drug-likeness (QED) is 0.412. The predicted molar refractivity (Wildman–Crippen MR) is 97.6 cm³/mol. The van der Waals surface area contributed by atoms with E-state index >= 15 is 0 Å².